The van der Waals surface area contributed by atoms with Crippen molar-refractivity contribution in [1.29, 1.82) is 0 Å². The summed E-state index contributed by atoms with van der Waals surface area (Å²) in [5.41, 5.74) is 5.85. The first kappa shape index (κ1) is 13.5. The summed E-state index contributed by atoms with van der Waals surface area (Å²) in [6, 6.07) is 11.4. The Labute approximate surface area is 127 Å². The van der Waals surface area contributed by atoms with Crippen LogP contribution in [0.15, 0.2) is 53.9 Å². The van der Waals surface area contributed by atoms with Crippen LogP contribution in [-0.2, 0) is 0 Å². The minimum Gasteiger partial charge on any atom is -0.264 e. The Morgan fingerprint density at radius 1 is 1.24 bits per heavy atom. The number of aryl methyl sites for hydroxylation is 1. The number of pyridine rings is 2. The third kappa shape index (κ3) is 3.17. The molecular weight excluding hydrogens is 284 g/mol. The smallest absolute Gasteiger partial charge is 0.147 e. The standard InChI is InChI=1S/C16H13ClN4/c1-11-7-16(20-15-5-4-13(17)8-14(11)15)21-19-10-12-3-2-6-18-9-12/h2-10H,1H3,(H,20,21)/b19-10+. The second-order valence-electron chi connectivity index (χ2n) is 4.64. The van der Waals surface area contributed by atoms with Crippen LogP contribution in [0.5, 0.6) is 0 Å². The lowest BCUT2D eigenvalue weighted by atomic mass is 10.1. The van der Waals surface area contributed by atoms with Gasteiger partial charge < -0.3 is 0 Å². The van der Waals surface area contributed by atoms with Crippen molar-refractivity contribution in [1.82, 2.24) is 9.97 Å². The predicted octanol–water partition coefficient (Wildman–Crippen LogP) is 4.04. The minimum atomic E-state index is 0.697. The van der Waals surface area contributed by atoms with Crippen molar-refractivity contribution in [2.45, 2.75) is 6.92 Å². The summed E-state index contributed by atoms with van der Waals surface area (Å²) >= 11 is 6.01. The zero-order chi connectivity index (χ0) is 14.7. The van der Waals surface area contributed by atoms with Gasteiger partial charge in [0.15, 0.2) is 0 Å². The Kier molecular flexibility index (Phi) is 3.79. The van der Waals surface area contributed by atoms with E-state index in [2.05, 4.69) is 20.5 Å². The van der Waals surface area contributed by atoms with E-state index in [1.54, 1.807) is 18.6 Å². The molecular formula is C16H13ClN4. The van der Waals surface area contributed by atoms with Gasteiger partial charge in [-0.25, -0.2) is 4.98 Å². The molecule has 1 aromatic carbocycles. The predicted molar refractivity (Wildman–Crippen MR) is 86.9 cm³/mol. The third-order valence-corrected chi connectivity index (χ3v) is 3.29. The largest absolute Gasteiger partial charge is 0.264 e. The molecule has 1 N–H and O–H groups in total. The van der Waals surface area contributed by atoms with E-state index in [4.69, 9.17) is 11.6 Å². The van der Waals surface area contributed by atoms with Crippen molar-refractivity contribution < 1.29 is 0 Å². The Morgan fingerprint density at radius 3 is 2.95 bits per heavy atom. The molecule has 0 atom stereocenters. The fraction of sp³-hybridized carbons (Fsp3) is 0.0625. The van der Waals surface area contributed by atoms with Crippen molar-refractivity contribution in [2.24, 2.45) is 5.10 Å². The first-order valence-corrected chi connectivity index (χ1v) is 6.86. The number of nitrogens with zero attached hydrogens (tertiary/aromatic N) is 3. The number of halogens is 1. The lowest BCUT2D eigenvalue weighted by Gasteiger charge is -2.06. The van der Waals surface area contributed by atoms with Crippen molar-refractivity contribution in [2.75, 3.05) is 5.43 Å². The highest BCUT2D eigenvalue weighted by atomic mass is 35.5. The first-order chi connectivity index (χ1) is 10.2. The van der Waals surface area contributed by atoms with Crippen LogP contribution in [-0.4, -0.2) is 16.2 Å². The summed E-state index contributed by atoms with van der Waals surface area (Å²) in [6.45, 7) is 2.02. The van der Waals surface area contributed by atoms with Crippen LogP contribution in [0.4, 0.5) is 5.82 Å². The number of hydrazone groups is 1. The van der Waals surface area contributed by atoms with E-state index in [9.17, 15) is 0 Å². The maximum absolute atomic E-state index is 6.01. The number of hydrogen-bond donors (Lipinski definition) is 1. The summed E-state index contributed by atoms with van der Waals surface area (Å²) in [5, 5.41) is 5.93. The Morgan fingerprint density at radius 2 is 2.14 bits per heavy atom. The average Bonchev–Trinajstić information content (AvgIpc) is 2.49. The molecule has 0 radical (unpaired) electrons. The normalized spacial score (nSPS) is 11.1. The highest BCUT2D eigenvalue weighted by Gasteiger charge is 2.02. The number of rotatable bonds is 3. The quantitative estimate of drug-likeness (QED) is 0.586. The first-order valence-electron chi connectivity index (χ1n) is 6.48. The van der Waals surface area contributed by atoms with Crippen LogP contribution in [0.1, 0.15) is 11.1 Å². The Balaban J connectivity index is 1.85. The monoisotopic (exact) mass is 296 g/mol. The maximum atomic E-state index is 6.01. The maximum Gasteiger partial charge on any atom is 0.147 e. The highest BCUT2D eigenvalue weighted by molar-refractivity contribution is 6.31. The Bertz CT molecular complexity index is 800. The molecule has 0 spiro atoms. The van der Waals surface area contributed by atoms with Gasteiger partial charge in [-0.3, -0.25) is 10.4 Å². The van der Waals surface area contributed by atoms with E-state index in [0.29, 0.717) is 10.8 Å². The van der Waals surface area contributed by atoms with Gasteiger partial charge in [-0.1, -0.05) is 17.7 Å². The molecule has 0 unspecified atom stereocenters. The molecule has 2 aromatic heterocycles. The van der Waals surface area contributed by atoms with E-state index in [0.717, 1.165) is 22.0 Å². The van der Waals surface area contributed by atoms with Gasteiger partial charge in [0.2, 0.25) is 0 Å². The molecule has 0 saturated carbocycles. The number of benzene rings is 1. The summed E-state index contributed by atoms with van der Waals surface area (Å²) in [6.07, 6.45) is 5.17. The highest BCUT2D eigenvalue weighted by Crippen LogP contribution is 2.23. The average molecular weight is 297 g/mol. The summed E-state index contributed by atoms with van der Waals surface area (Å²) in [4.78, 5) is 8.54. The summed E-state index contributed by atoms with van der Waals surface area (Å²) < 4.78 is 0. The fourth-order valence-electron chi connectivity index (χ4n) is 2.05. The van der Waals surface area contributed by atoms with E-state index in [-0.39, 0.29) is 0 Å². The SMILES string of the molecule is Cc1cc(N/N=C/c2cccnc2)nc2ccc(Cl)cc12. The molecule has 0 aliphatic heterocycles. The van der Waals surface area contributed by atoms with Crippen molar-refractivity contribution in [3.05, 3.63) is 64.9 Å². The lowest BCUT2D eigenvalue weighted by molar-refractivity contribution is 1.25. The van der Waals surface area contributed by atoms with Gasteiger partial charge in [-0.05, 0) is 42.8 Å². The van der Waals surface area contributed by atoms with Gasteiger partial charge in [-0.15, -0.1) is 0 Å². The lowest BCUT2D eigenvalue weighted by Crippen LogP contribution is -1.95. The van der Waals surface area contributed by atoms with E-state index in [1.165, 1.54) is 0 Å². The topological polar surface area (TPSA) is 50.2 Å². The molecule has 0 amide bonds. The van der Waals surface area contributed by atoms with Gasteiger partial charge in [-0.2, -0.15) is 5.10 Å². The molecule has 104 valence electrons. The van der Waals surface area contributed by atoms with Crippen molar-refractivity contribution in [3.63, 3.8) is 0 Å². The molecule has 4 nitrogen and oxygen atoms in total. The van der Waals surface area contributed by atoms with E-state index >= 15 is 0 Å². The van der Waals surface area contributed by atoms with Crippen LogP contribution >= 0.6 is 11.6 Å². The fourth-order valence-corrected chi connectivity index (χ4v) is 2.22. The van der Waals surface area contributed by atoms with Gasteiger partial charge in [0.1, 0.15) is 5.82 Å². The van der Waals surface area contributed by atoms with Crippen LogP contribution < -0.4 is 5.43 Å². The van der Waals surface area contributed by atoms with Gasteiger partial charge in [0.25, 0.3) is 0 Å². The molecule has 3 rings (SSSR count). The van der Waals surface area contributed by atoms with E-state index in [1.807, 2.05) is 43.3 Å². The number of nitrogens with one attached hydrogen (secondary N) is 1. The molecule has 0 saturated heterocycles. The molecule has 0 bridgehead atoms. The van der Waals surface area contributed by atoms with Gasteiger partial charge in [0.05, 0.1) is 11.7 Å². The molecule has 2 heterocycles. The molecule has 0 aliphatic carbocycles. The van der Waals surface area contributed by atoms with Gasteiger partial charge in [0, 0.05) is 28.4 Å². The second kappa shape index (κ2) is 5.89. The third-order valence-electron chi connectivity index (χ3n) is 3.05. The molecule has 0 aliphatic rings. The molecule has 5 heteroatoms. The number of hydrogen-bond acceptors (Lipinski definition) is 4. The molecule has 0 fully saturated rings. The van der Waals surface area contributed by atoms with Crippen LogP contribution in [0, 0.1) is 6.92 Å². The number of anilines is 1. The number of fused-ring (bicyclic) bond motifs is 1. The Hall–Kier alpha value is -2.46. The second-order valence-corrected chi connectivity index (χ2v) is 5.08. The van der Waals surface area contributed by atoms with Crippen molar-refractivity contribution in [3.8, 4) is 0 Å². The van der Waals surface area contributed by atoms with Crippen molar-refractivity contribution >= 4 is 34.5 Å². The number of aromatic nitrogens is 2. The summed E-state index contributed by atoms with van der Waals surface area (Å²) in [5.74, 6) is 0.697. The van der Waals surface area contributed by atoms with Gasteiger partial charge >= 0.3 is 0 Å². The molecule has 3 aromatic rings. The summed E-state index contributed by atoms with van der Waals surface area (Å²) in [7, 11) is 0. The van der Waals surface area contributed by atoms with E-state index < -0.39 is 0 Å². The van der Waals surface area contributed by atoms with Crippen LogP contribution in [0.2, 0.25) is 5.02 Å². The van der Waals surface area contributed by atoms with Crippen LogP contribution in [0.3, 0.4) is 0 Å². The van der Waals surface area contributed by atoms with Crippen LogP contribution in [0.25, 0.3) is 10.9 Å². The zero-order valence-electron chi connectivity index (χ0n) is 11.4. The zero-order valence-corrected chi connectivity index (χ0v) is 12.2. The minimum absolute atomic E-state index is 0.697. The molecule has 21 heavy (non-hydrogen) atoms.